The van der Waals surface area contributed by atoms with E-state index in [2.05, 4.69) is 25.9 Å². The van der Waals surface area contributed by atoms with E-state index < -0.39 is 10.0 Å². The van der Waals surface area contributed by atoms with Gasteiger partial charge in [0.15, 0.2) is 0 Å². The molecule has 0 saturated heterocycles. The predicted octanol–water partition coefficient (Wildman–Crippen LogP) is 2.59. The van der Waals surface area contributed by atoms with E-state index in [0.29, 0.717) is 11.0 Å². The van der Waals surface area contributed by atoms with E-state index in [4.69, 9.17) is 0 Å². The van der Waals surface area contributed by atoms with Crippen LogP contribution in [0, 0.1) is 0 Å². The van der Waals surface area contributed by atoms with Gasteiger partial charge in [-0.05, 0) is 47.0 Å². The Balaban J connectivity index is 1.93. The summed E-state index contributed by atoms with van der Waals surface area (Å²) in [7, 11) is -3.56. The van der Waals surface area contributed by atoms with Gasteiger partial charge in [0.25, 0.3) is 0 Å². The molecule has 3 rings (SSSR count). The minimum atomic E-state index is -3.56. The van der Waals surface area contributed by atoms with Crippen LogP contribution in [0.3, 0.4) is 0 Å². The molecule has 2 aromatic heterocycles. The number of rotatable bonds is 5. The average Bonchev–Trinajstić information content (AvgIpc) is 3.30. The molecule has 0 bridgehead atoms. The second-order valence-corrected chi connectivity index (χ2v) is 7.75. The number of sulfonamides is 1. The van der Waals surface area contributed by atoms with E-state index >= 15 is 0 Å². The van der Waals surface area contributed by atoms with Crippen LogP contribution in [0.25, 0.3) is 0 Å². The SMILES string of the molecule is O=S(=O)(c1cncc(Br)c1)N(Cc1ccccn1)C1CC1. The minimum Gasteiger partial charge on any atom is -0.262 e. The van der Waals surface area contributed by atoms with E-state index in [1.54, 1.807) is 18.5 Å². The van der Waals surface area contributed by atoms with Gasteiger partial charge in [-0.25, -0.2) is 8.42 Å². The topological polar surface area (TPSA) is 63.2 Å². The highest BCUT2D eigenvalue weighted by molar-refractivity contribution is 9.10. The minimum absolute atomic E-state index is 0.0657. The Labute approximate surface area is 132 Å². The summed E-state index contributed by atoms with van der Waals surface area (Å²) in [6.45, 7) is 0.292. The maximum atomic E-state index is 12.8. The molecule has 7 heteroatoms. The Morgan fingerprint density at radius 3 is 2.71 bits per heavy atom. The summed E-state index contributed by atoms with van der Waals surface area (Å²) >= 11 is 3.27. The maximum absolute atomic E-state index is 12.8. The molecular weight excluding hydrogens is 354 g/mol. The van der Waals surface area contributed by atoms with Crippen LogP contribution in [-0.4, -0.2) is 28.7 Å². The fraction of sp³-hybridized carbons (Fsp3) is 0.286. The lowest BCUT2D eigenvalue weighted by atomic mass is 10.3. The first kappa shape index (κ1) is 14.6. The third-order valence-electron chi connectivity index (χ3n) is 3.28. The van der Waals surface area contributed by atoms with Crippen molar-refractivity contribution in [3.8, 4) is 0 Å². The Hall–Kier alpha value is -1.31. The van der Waals surface area contributed by atoms with Gasteiger partial charge in [-0.1, -0.05) is 6.07 Å². The molecular formula is C14H14BrN3O2S. The normalized spacial score (nSPS) is 15.3. The first-order valence-corrected chi connectivity index (χ1v) is 8.83. The molecule has 1 aliphatic carbocycles. The van der Waals surface area contributed by atoms with Crippen LogP contribution in [0.5, 0.6) is 0 Å². The van der Waals surface area contributed by atoms with Crippen molar-refractivity contribution in [2.45, 2.75) is 30.3 Å². The molecule has 2 heterocycles. The van der Waals surface area contributed by atoms with Crippen LogP contribution in [0.15, 0.2) is 52.2 Å². The Morgan fingerprint density at radius 1 is 1.29 bits per heavy atom. The van der Waals surface area contributed by atoms with Crippen molar-refractivity contribution in [1.82, 2.24) is 14.3 Å². The standard InChI is InChI=1S/C14H14BrN3O2S/c15-11-7-14(9-16-8-11)21(19,20)18(13-4-5-13)10-12-3-1-2-6-17-12/h1-3,6-9,13H,4-5,10H2. The van der Waals surface area contributed by atoms with Gasteiger partial charge in [0.1, 0.15) is 4.90 Å². The molecule has 1 saturated carbocycles. The summed E-state index contributed by atoms with van der Waals surface area (Å²) in [5, 5.41) is 0. The summed E-state index contributed by atoms with van der Waals surface area (Å²) in [5.74, 6) is 0. The molecule has 5 nitrogen and oxygen atoms in total. The van der Waals surface area contributed by atoms with Crippen molar-refractivity contribution in [3.05, 3.63) is 53.0 Å². The Kier molecular flexibility index (Phi) is 4.05. The third kappa shape index (κ3) is 3.30. The fourth-order valence-corrected chi connectivity index (χ4v) is 4.26. The lowest BCUT2D eigenvalue weighted by Crippen LogP contribution is -2.33. The van der Waals surface area contributed by atoms with Crippen LogP contribution >= 0.6 is 15.9 Å². The molecule has 0 unspecified atom stereocenters. The van der Waals surface area contributed by atoms with Crippen molar-refractivity contribution >= 4 is 26.0 Å². The molecule has 21 heavy (non-hydrogen) atoms. The average molecular weight is 368 g/mol. The Morgan fingerprint density at radius 2 is 2.10 bits per heavy atom. The van der Waals surface area contributed by atoms with Crippen LogP contribution < -0.4 is 0 Å². The molecule has 0 spiro atoms. The first-order valence-electron chi connectivity index (χ1n) is 6.60. The van der Waals surface area contributed by atoms with Crippen molar-refractivity contribution in [3.63, 3.8) is 0 Å². The molecule has 0 atom stereocenters. The zero-order chi connectivity index (χ0) is 14.9. The molecule has 1 fully saturated rings. The van der Waals surface area contributed by atoms with Crippen LogP contribution in [0.4, 0.5) is 0 Å². The fourth-order valence-electron chi connectivity index (χ4n) is 2.09. The molecule has 0 N–H and O–H groups in total. The highest BCUT2D eigenvalue weighted by Crippen LogP contribution is 2.33. The van der Waals surface area contributed by atoms with E-state index in [0.717, 1.165) is 18.5 Å². The monoisotopic (exact) mass is 367 g/mol. The van der Waals surface area contributed by atoms with Crippen molar-refractivity contribution in [1.29, 1.82) is 0 Å². The maximum Gasteiger partial charge on any atom is 0.245 e. The number of halogens is 1. The summed E-state index contributed by atoms with van der Waals surface area (Å²) in [4.78, 5) is 8.38. The Bertz CT molecular complexity index is 733. The summed E-state index contributed by atoms with van der Waals surface area (Å²) in [5.41, 5.74) is 0.746. The highest BCUT2D eigenvalue weighted by Gasteiger charge is 2.38. The smallest absolute Gasteiger partial charge is 0.245 e. The van der Waals surface area contributed by atoms with Gasteiger partial charge in [0.2, 0.25) is 10.0 Å². The zero-order valence-corrected chi connectivity index (χ0v) is 13.6. The second kappa shape index (κ2) is 5.82. The van der Waals surface area contributed by atoms with Gasteiger partial charge in [-0.3, -0.25) is 9.97 Å². The number of aromatic nitrogens is 2. The lowest BCUT2D eigenvalue weighted by Gasteiger charge is -2.21. The van der Waals surface area contributed by atoms with Gasteiger partial charge in [0.05, 0.1) is 12.2 Å². The van der Waals surface area contributed by atoms with E-state index in [1.165, 1.54) is 10.5 Å². The van der Waals surface area contributed by atoms with Crippen LogP contribution in [-0.2, 0) is 16.6 Å². The molecule has 110 valence electrons. The molecule has 2 aromatic rings. The quantitative estimate of drug-likeness (QED) is 0.814. The van der Waals surface area contributed by atoms with Crippen molar-refractivity contribution in [2.75, 3.05) is 0 Å². The van der Waals surface area contributed by atoms with Crippen LogP contribution in [0.1, 0.15) is 18.5 Å². The van der Waals surface area contributed by atoms with Gasteiger partial charge in [0, 0.05) is 29.1 Å². The number of nitrogens with zero attached hydrogens (tertiary/aromatic N) is 3. The van der Waals surface area contributed by atoms with E-state index in [9.17, 15) is 8.42 Å². The number of hydrogen-bond donors (Lipinski definition) is 0. The number of hydrogen-bond acceptors (Lipinski definition) is 4. The molecule has 1 aliphatic rings. The lowest BCUT2D eigenvalue weighted by molar-refractivity contribution is 0.394. The second-order valence-electron chi connectivity index (χ2n) is 4.94. The van der Waals surface area contributed by atoms with Crippen molar-refractivity contribution < 1.29 is 8.42 Å². The first-order chi connectivity index (χ1) is 10.1. The third-order valence-corrected chi connectivity index (χ3v) is 5.58. The van der Waals surface area contributed by atoms with Crippen LogP contribution in [0.2, 0.25) is 0 Å². The predicted molar refractivity (Wildman–Crippen MR) is 81.9 cm³/mol. The van der Waals surface area contributed by atoms with E-state index in [1.807, 2.05) is 18.2 Å². The van der Waals surface area contributed by atoms with Gasteiger partial charge < -0.3 is 0 Å². The molecule has 0 aliphatic heterocycles. The molecule has 0 amide bonds. The summed E-state index contributed by atoms with van der Waals surface area (Å²) in [6, 6.07) is 7.16. The summed E-state index contributed by atoms with van der Waals surface area (Å²) < 4.78 is 27.8. The zero-order valence-electron chi connectivity index (χ0n) is 11.2. The summed E-state index contributed by atoms with van der Waals surface area (Å²) in [6.07, 6.45) is 6.42. The highest BCUT2D eigenvalue weighted by atomic mass is 79.9. The number of pyridine rings is 2. The molecule has 0 aromatic carbocycles. The van der Waals surface area contributed by atoms with Gasteiger partial charge in [-0.2, -0.15) is 4.31 Å². The van der Waals surface area contributed by atoms with Crippen molar-refractivity contribution in [2.24, 2.45) is 0 Å². The van der Waals surface area contributed by atoms with Gasteiger partial charge in [-0.15, -0.1) is 0 Å². The molecule has 0 radical (unpaired) electrons. The largest absolute Gasteiger partial charge is 0.262 e. The van der Waals surface area contributed by atoms with Gasteiger partial charge >= 0.3 is 0 Å². The van der Waals surface area contributed by atoms with E-state index in [-0.39, 0.29) is 10.9 Å².